The van der Waals surface area contributed by atoms with Crippen molar-refractivity contribution in [3.05, 3.63) is 0 Å². The van der Waals surface area contributed by atoms with Gasteiger partial charge in [-0.1, -0.05) is 6.92 Å². The summed E-state index contributed by atoms with van der Waals surface area (Å²) in [6.07, 6.45) is 3.77. The van der Waals surface area contributed by atoms with Gasteiger partial charge >= 0.3 is 0 Å². The van der Waals surface area contributed by atoms with E-state index >= 15 is 0 Å². The molecule has 0 spiro atoms. The van der Waals surface area contributed by atoms with Crippen molar-refractivity contribution in [2.45, 2.75) is 44.2 Å². The third kappa shape index (κ3) is 1.10. The van der Waals surface area contributed by atoms with Gasteiger partial charge < -0.3 is 10.8 Å². The molecule has 0 radical (unpaired) electrons. The fourth-order valence-electron chi connectivity index (χ4n) is 1.52. The lowest BCUT2D eigenvalue weighted by molar-refractivity contribution is 0.0283. The summed E-state index contributed by atoms with van der Waals surface area (Å²) in [4.78, 5) is 0. The Bertz CT molecular complexity index is 105. The molecule has 2 heteroatoms. The highest BCUT2D eigenvalue weighted by atomic mass is 16.3. The van der Waals surface area contributed by atoms with Crippen molar-refractivity contribution >= 4 is 0 Å². The Morgan fingerprint density at radius 3 is 2.67 bits per heavy atom. The van der Waals surface area contributed by atoms with Crippen LogP contribution in [0.4, 0.5) is 0 Å². The maximum atomic E-state index is 9.64. The van der Waals surface area contributed by atoms with Gasteiger partial charge in [0.15, 0.2) is 0 Å². The van der Waals surface area contributed by atoms with Crippen LogP contribution in [0.2, 0.25) is 0 Å². The summed E-state index contributed by atoms with van der Waals surface area (Å²) < 4.78 is 0. The second kappa shape index (κ2) is 2.27. The van der Waals surface area contributed by atoms with Crippen LogP contribution >= 0.6 is 0 Å². The van der Waals surface area contributed by atoms with Gasteiger partial charge in [-0.05, 0) is 25.7 Å². The number of rotatable bonds is 1. The molecule has 9 heavy (non-hydrogen) atoms. The van der Waals surface area contributed by atoms with Crippen LogP contribution in [0.15, 0.2) is 0 Å². The lowest BCUT2D eigenvalue weighted by Gasteiger charge is -2.25. The van der Waals surface area contributed by atoms with Crippen molar-refractivity contribution in [2.75, 3.05) is 0 Å². The van der Waals surface area contributed by atoms with E-state index in [1.165, 1.54) is 0 Å². The van der Waals surface area contributed by atoms with Gasteiger partial charge in [0.25, 0.3) is 0 Å². The minimum Gasteiger partial charge on any atom is -0.388 e. The topological polar surface area (TPSA) is 46.2 Å². The standard InChI is InChI=1S/C7H15NO/c1-2-7(9)5-3-4-6(7)8/h6,9H,2-5,8H2,1H3/t6-,7-/m1/s1. The zero-order valence-electron chi connectivity index (χ0n) is 5.93. The maximum absolute atomic E-state index is 9.64. The summed E-state index contributed by atoms with van der Waals surface area (Å²) in [5.41, 5.74) is 5.15. The van der Waals surface area contributed by atoms with E-state index in [4.69, 9.17) is 5.73 Å². The van der Waals surface area contributed by atoms with Crippen molar-refractivity contribution in [1.82, 2.24) is 0 Å². The van der Waals surface area contributed by atoms with Gasteiger partial charge in [-0.25, -0.2) is 0 Å². The number of nitrogens with two attached hydrogens (primary N) is 1. The lowest BCUT2D eigenvalue weighted by atomic mass is 9.95. The molecule has 2 nitrogen and oxygen atoms in total. The van der Waals surface area contributed by atoms with Crippen LogP contribution in [-0.2, 0) is 0 Å². The highest BCUT2D eigenvalue weighted by Gasteiger charge is 2.36. The van der Waals surface area contributed by atoms with Crippen LogP contribution in [0.3, 0.4) is 0 Å². The maximum Gasteiger partial charge on any atom is 0.0795 e. The molecule has 0 aromatic carbocycles. The van der Waals surface area contributed by atoms with Crippen LogP contribution in [0.1, 0.15) is 32.6 Å². The molecular formula is C7H15NO. The Balaban J connectivity index is 2.56. The molecule has 0 aromatic rings. The third-order valence-electron chi connectivity index (χ3n) is 2.43. The van der Waals surface area contributed by atoms with E-state index < -0.39 is 5.60 Å². The van der Waals surface area contributed by atoms with E-state index in [1.54, 1.807) is 0 Å². The van der Waals surface area contributed by atoms with Crippen LogP contribution < -0.4 is 5.73 Å². The highest BCUT2D eigenvalue weighted by Crippen LogP contribution is 2.30. The normalized spacial score (nSPS) is 43.7. The Hall–Kier alpha value is -0.0800. The van der Waals surface area contributed by atoms with Crippen molar-refractivity contribution in [2.24, 2.45) is 5.73 Å². The van der Waals surface area contributed by atoms with E-state index in [2.05, 4.69) is 0 Å². The van der Waals surface area contributed by atoms with Crippen LogP contribution in [0, 0.1) is 0 Å². The fraction of sp³-hybridized carbons (Fsp3) is 1.00. The zero-order chi connectivity index (χ0) is 6.91. The minimum absolute atomic E-state index is 0.0301. The summed E-state index contributed by atoms with van der Waals surface area (Å²) in [7, 11) is 0. The fourth-order valence-corrected chi connectivity index (χ4v) is 1.52. The second-order valence-corrected chi connectivity index (χ2v) is 2.96. The molecule has 0 bridgehead atoms. The molecule has 0 heterocycles. The predicted octanol–water partition coefficient (Wildman–Crippen LogP) is 0.639. The molecule has 2 atom stereocenters. The first-order valence-corrected chi connectivity index (χ1v) is 3.67. The number of hydrogen-bond acceptors (Lipinski definition) is 2. The van der Waals surface area contributed by atoms with E-state index in [0.717, 1.165) is 25.7 Å². The third-order valence-corrected chi connectivity index (χ3v) is 2.43. The van der Waals surface area contributed by atoms with Crippen LogP contribution in [0.5, 0.6) is 0 Å². The molecule has 0 unspecified atom stereocenters. The van der Waals surface area contributed by atoms with Crippen molar-refractivity contribution in [3.63, 3.8) is 0 Å². The van der Waals surface area contributed by atoms with Gasteiger partial charge in [0.05, 0.1) is 5.60 Å². The summed E-state index contributed by atoms with van der Waals surface area (Å²) in [5, 5.41) is 9.64. The molecule has 0 aliphatic heterocycles. The highest BCUT2D eigenvalue weighted by molar-refractivity contribution is 4.93. The number of aliphatic hydroxyl groups is 1. The molecule has 0 aromatic heterocycles. The first kappa shape index (κ1) is 7.03. The van der Waals surface area contributed by atoms with Gasteiger partial charge in [0, 0.05) is 6.04 Å². The van der Waals surface area contributed by atoms with Gasteiger partial charge in [0.2, 0.25) is 0 Å². The first-order chi connectivity index (χ1) is 4.19. The first-order valence-electron chi connectivity index (χ1n) is 3.67. The van der Waals surface area contributed by atoms with E-state index in [-0.39, 0.29) is 6.04 Å². The lowest BCUT2D eigenvalue weighted by Crippen LogP contribution is -2.42. The van der Waals surface area contributed by atoms with Gasteiger partial charge in [-0.2, -0.15) is 0 Å². The van der Waals surface area contributed by atoms with Gasteiger partial charge in [-0.3, -0.25) is 0 Å². The molecule has 1 rings (SSSR count). The smallest absolute Gasteiger partial charge is 0.0795 e. The quantitative estimate of drug-likeness (QED) is 0.545. The SMILES string of the molecule is CC[C@@]1(O)CCC[C@H]1N. The van der Waals surface area contributed by atoms with Crippen LogP contribution in [0.25, 0.3) is 0 Å². The molecule has 1 saturated carbocycles. The molecule has 1 aliphatic rings. The Morgan fingerprint density at radius 2 is 2.44 bits per heavy atom. The van der Waals surface area contributed by atoms with E-state index in [0.29, 0.717) is 0 Å². The predicted molar refractivity (Wildman–Crippen MR) is 37.1 cm³/mol. The van der Waals surface area contributed by atoms with Crippen molar-refractivity contribution < 1.29 is 5.11 Å². The Kier molecular flexibility index (Phi) is 1.78. The largest absolute Gasteiger partial charge is 0.388 e. The van der Waals surface area contributed by atoms with Crippen LogP contribution in [-0.4, -0.2) is 16.7 Å². The molecule has 1 aliphatic carbocycles. The molecule has 1 fully saturated rings. The van der Waals surface area contributed by atoms with Crippen molar-refractivity contribution in [3.8, 4) is 0 Å². The Labute approximate surface area is 56.1 Å². The van der Waals surface area contributed by atoms with Gasteiger partial charge in [-0.15, -0.1) is 0 Å². The van der Waals surface area contributed by atoms with Gasteiger partial charge in [0.1, 0.15) is 0 Å². The minimum atomic E-state index is -0.528. The summed E-state index contributed by atoms with van der Waals surface area (Å²) in [5.74, 6) is 0. The molecule has 0 saturated heterocycles. The zero-order valence-corrected chi connectivity index (χ0v) is 5.93. The average molecular weight is 129 g/mol. The monoisotopic (exact) mass is 129 g/mol. The Morgan fingerprint density at radius 1 is 1.78 bits per heavy atom. The molecule has 3 N–H and O–H groups in total. The second-order valence-electron chi connectivity index (χ2n) is 2.96. The molecule has 54 valence electrons. The average Bonchev–Trinajstić information content (AvgIpc) is 2.15. The summed E-state index contributed by atoms with van der Waals surface area (Å²) >= 11 is 0. The summed E-state index contributed by atoms with van der Waals surface area (Å²) in [6.45, 7) is 1.99. The summed E-state index contributed by atoms with van der Waals surface area (Å²) in [6, 6.07) is 0.0301. The van der Waals surface area contributed by atoms with E-state index in [1.807, 2.05) is 6.92 Å². The van der Waals surface area contributed by atoms with E-state index in [9.17, 15) is 5.11 Å². The number of hydrogen-bond donors (Lipinski definition) is 2. The molecular weight excluding hydrogens is 114 g/mol. The molecule has 0 amide bonds. The van der Waals surface area contributed by atoms with Crippen molar-refractivity contribution in [1.29, 1.82) is 0 Å².